The summed E-state index contributed by atoms with van der Waals surface area (Å²) in [6, 6.07) is 0. The molecule has 0 saturated heterocycles. The van der Waals surface area contributed by atoms with Crippen molar-refractivity contribution in [2.45, 2.75) is 51.6 Å². The molecule has 11 heavy (non-hydrogen) atoms. The second-order valence-electron chi connectivity index (χ2n) is 4.54. The molecule has 0 aromatic rings. The summed E-state index contributed by atoms with van der Waals surface area (Å²) in [4.78, 5) is 0. The molecule has 1 heteroatoms. The highest BCUT2D eigenvalue weighted by Crippen LogP contribution is 2.55. The highest BCUT2D eigenvalue weighted by molar-refractivity contribution is 4.99. The molecule has 1 N–H and O–H groups in total. The largest absolute Gasteiger partial charge is 0.393 e. The lowest BCUT2D eigenvalue weighted by atomic mass is 9.76. The summed E-state index contributed by atoms with van der Waals surface area (Å²) in [5, 5.41) is 9.51. The van der Waals surface area contributed by atoms with Crippen LogP contribution >= 0.6 is 0 Å². The maximum absolute atomic E-state index is 9.51. The Hall–Kier alpha value is -0.0400. The van der Waals surface area contributed by atoms with E-state index in [2.05, 4.69) is 0 Å². The minimum Gasteiger partial charge on any atom is -0.393 e. The van der Waals surface area contributed by atoms with E-state index in [0.29, 0.717) is 5.41 Å². The number of rotatable bonds is 3. The van der Waals surface area contributed by atoms with Gasteiger partial charge in [0.25, 0.3) is 0 Å². The van der Waals surface area contributed by atoms with Crippen LogP contribution in [0.5, 0.6) is 0 Å². The smallest absolute Gasteiger partial charge is 0.0568 e. The Labute approximate surface area is 68.8 Å². The maximum Gasteiger partial charge on any atom is 0.0568 e. The van der Waals surface area contributed by atoms with Gasteiger partial charge < -0.3 is 5.11 Å². The van der Waals surface area contributed by atoms with Crippen LogP contribution < -0.4 is 0 Å². The van der Waals surface area contributed by atoms with Crippen molar-refractivity contribution in [1.82, 2.24) is 0 Å². The van der Waals surface area contributed by atoms with Crippen molar-refractivity contribution < 1.29 is 5.11 Å². The van der Waals surface area contributed by atoms with Crippen molar-refractivity contribution in [3.05, 3.63) is 0 Å². The highest BCUT2D eigenvalue weighted by Gasteiger charge is 2.48. The highest BCUT2D eigenvalue weighted by atomic mass is 16.3. The fourth-order valence-corrected chi connectivity index (χ4v) is 2.22. The zero-order chi connectivity index (χ0) is 7.90. The molecule has 0 radical (unpaired) electrons. The molecule has 0 aromatic heterocycles. The third-order valence-electron chi connectivity index (χ3n) is 3.70. The molecule has 0 spiro atoms. The van der Waals surface area contributed by atoms with Crippen molar-refractivity contribution in [3.8, 4) is 0 Å². The van der Waals surface area contributed by atoms with E-state index in [9.17, 15) is 5.11 Å². The van der Waals surface area contributed by atoms with Crippen molar-refractivity contribution in [2.24, 2.45) is 11.3 Å². The second kappa shape index (κ2) is 2.48. The van der Waals surface area contributed by atoms with E-state index < -0.39 is 0 Å². The molecule has 1 unspecified atom stereocenters. The fraction of sp³-hybridized carbons (Fsp3) is 1.00. The van der Waals surface area contributed by atoms with Gasteiger partial charge in [-0.1, -0.05) is 19.3 Å². The molecule has 0 bridgehead atoms. The molecule has 0 aromatic carbocycles. The van der Waals surface area contributed by atoms with Gasteiger partial charge in [-0.05, 0) is 37.5 Å². The van der Waals surface area contributed by atoms with Crippen LogP contribution in [0.15, 0.2) is 0 Å². The van der Waals surface area contributed by atoms with Crippen LogP contribution in [-0.4, -0.2) is 11.2 Å². The molecule has 1 nitrogen and oxygen atoms in total. The van der Waals surface area contributed by atoms with E-state index in [1.807, 2.05) is 6.92 Å². The Morgan fingerprint density at radius 3 is 2.36 bits per heavy atom. The van der Waals surface area contributed by atoms with Gasteiger partial charge >= 0.3 is 0 Å². The van der Waals surface area contributed by atoms with Gasteiger partial charge in [0.1, 0.15) is 0 Å². The maximum atomic E-state index is 9.51. The average molecular weight is 154 g/mol. The third-order valence-corrected chi connectivity index (χ3v) is 3.70. The van der Waals surface area contributed by atoms with Gasteiger partial charge in [0.15, 0.2) is 0 Å². The van der Waals surface area contributed by atoms with Crippen LogP contribution in [0.4, 0.5) is 0 Å². The zero-order valence-corrected chi connectivity index (χ0v) is 7.34. The molecule has 2 rings (SSSR count). The third kappa shape index (κ3) is 1.31. The molecular formula is C10H18O. The molecule has 2 aliphatic carbocycles. The summed E-state index contributed by atoms with van der Waals surface area (Å²) >= 11 is 0. The molecule has 0 amide bonds. The predicted octanol–water partition coefficient (Wildman–Crippen LogP) is 2.34. The zero-order valence-electron chi connectivity index (χ0n) is 7.34. The first-order valence-electron chi connectivity index (χ1n) is 4.91. The summed E-state index contributed by atoms with van der Waals surface area (Å²) in [6.45, 7) is 1.96. The Balaban J connectivity index is 1.83. The van der Waals surface area contributed by atoms with Crippen LogP contribution in [0, 0.1) is 11.3 Å². The quantitative estimate of drug-likeness (QED) is 0.661. The lowest BCUT2D eigenvalue weighted by Crippen LogP contribution is -2.24. The van der Waals surface area contributed by atoms with Gasteiger partial charge in [-0.15, -0.1) is 0 Å². The van der Waals surface area contributed by atoms with Crippen LogP contribution in [0.3, 0.4) is 0 Å². The van der Waals surface area contributed by atoms with Gasteiger partial charge in [-0.2, -0.15) is 0 Å². The van der Waals surface area contributed by atoms with Crippen LogP contribution in [-0.2, 0) is 0 Å². The number of aliphatic hydroxyl groups is 1. The molecule has 2 saturated carbocycles. The first-order valence-corrected chi connectivity index (χ1v) is 4.91. The van der Waals surface area contributed by atoms with E-state index in [1.165, 1.54) is 38.5 Å². The van der Waals surface area contributed by atoms with Gasteiger partial charge in [0.2, 0.25) is 0 Å². The van der Waals surface area contributed by atoms with Crippen molar-refractivity contribution >= 4 is 0 Å². The minimum absolute atomic E-state index is 0.0527. The summed E-state index contributed by atoms with van der Waals surface area (Å²) < 4.78 is 0. The van der Waals surface area contributed by atoms with Gasteiger partial charge in [-0.3, -0.25) is 0 Å². The van der Waals surface area contributed by atoms with Crippen molar-refractivity contribution in [1.29, 1.82) is 0 Å². The van der Waals surface area contributed by atoms with Gasteiger partial charge in [0.05, 0.1) is 6.10 Å². The average Bonchev–Trinajstić information content (AvgIpc) is 2.59. The Bertz CT molecular complexity index is 143. The molecule has 2 fully saturated rings. The van der Waals surface area contributed by atoms with E-state index in [-0.39, 0.29) is 6.10 Å². The SMILES string of the molecule is CC(O)C1(CC2CCC2)CC1. The predicted molar refractivity (Wildman–Crippen MR) is 45.3 cm³/mol. The first kappa shape index (κ1) is 7.60. The molecule has 0 aliphatic heterocycles. The van der Waals surface area contributed by atoms with Crippen LogP contribution in [0.2, 0.25) is 0 Å². The standard InChI is InChI=1S/C10H18O/c1-8(11)10(5-6-10)7-9-3-2-4-9/h8-9,11H,2-7H2,1H3. The molecule has 2 aliphatic rings. The summed E-state index contributed by atoms with van der Waals surface area (Å²) in [5.74, 6) is 0.965. The lowest BCUT2D eigenvalue weighted by Gasteiger charge is -2.31. The molecule has 0 heterocycles. The minimum atomic E-state index is -0.0527. The topological polar surface area (TPSA) is 20.2 Å². The molecule has 1 atom stereocenters. The number of hydrogen-bond donors (Lipinski definition) is 1. The van der Waals surface area contributed by atoms with Gasteiger partial charge in [-0.25, -0.2) is 0 Å². The normalized spacial score (nSPS) is 31.1. The summed E-state index contributed by atoms with van der Waals surface area (Å²) in [5.41, 5.74) is 0.380. The summed E-state index contributed by atoms with van der Waals surface area (Å²) in [6.07, 6.45) is 8.10. The van der Waals surface area contributed by atoms with Crippen molar-refractivity contribution in [2.75, 3.05) is 0 Å². The lowest BCUT2D eigenvalue weighted by molar-refractivity contribution is 0.0792. The Morgan fingerprint density at radius 1 is 1.45 bits per heavy atom. The first-order chi connectivity index (χ1) is 5.23. The van der Waals surface area contributed by atoms with Crippen LogP contribution in [0.1, 0.15) is 45.4 Å². The van der Waals surface area contributed by atoms with Gasteiger partial charge in [0, 0.05) is 0 Å². The van der Waals surface area contributed by atoms with Crippen molar-refractivity contribution in [3.63, 3.8) is 0 Å². The Morgan fingerprint density at radius 2 is 2.09 bits per heavy atom. The van der Waals surface area contributed by atoms with E-state index in [1.54, 1.807) is 0 Å². The van der Waals surface area contributed by atoms with Crippen LogP contribution in [0.25, 0.3) is 0 Å². The molecule has 64 valence electrons. The summed E-state index contributed by atoms with van der Waals surface area (Å²) in [7, 11) is 0. The molecular weight excluding hydrogens is 136 g/mol. The monoisotopic (exact) mass is 154 g/mol. The second-order valence-corrected chi connectivity index (χ2v) is 4.54. The fourth-order valence-electron chi connectivity index (χ4n) is 2.22. The van der Waals surface area contributed by atoms with E-state index in [0.717, 1.165) is 5.92 Å². The Kier molecular flexibility index (Phi) is 1.71. The van der Waals surface area contributed by atoms with E-state index >= 15 is 0 Å². The van der Waals surface area contributed by atoms with E-state index in [4.69, 9.17) is 0 Å². The number of hydrogen-bond acceptors (Lipinski definition) is 1. The number of aliphatic hydroxyl groups excluding tert-OH is 1.